The molecular formula is C21H34O2. The highest BCUT2D eigenvalue weighted by Crippen LogP contribution is 2.39. The van der Waals surface area contributed by atoms with Gasteiger partial charge in [0.2, 0.25) is 0 Å². The SMILES string of the molecule is CCCCC[C@@H]1C[C@](C)(c2ccccc2)O[C@H](CCCCC)O1. The summed E-state index contributed by atoms with van der Waals surface area (Å²) in [7, 11) is 0. The predicted octanol–water partition coefficient (Wildman–Crippen LogP) is 6.19. The van der Waals surface area contributed by atoms with Crippen LogP contribution in [-0.4, -0.2) is 12.4 Å². The molecule has 2 heteroatoms. The zero-order chi connectivity index (χ0) is 16.5. The largest absolute Gasteiger partial charge is 0.349 e. The average molecular weight is 319 g/mol. The van der Waals surface area contributed by atoms with Crippen LogP contribution in [0.4, 0.5) is 0 Å². The van der Waals surface area contributed by atoms with E-state index in [-0.39, 0.29) is 11.9 Å². The molecule has 0 bridgehead atoms. The van der Waals surface area contributed by atoms with Crippen LogP contribution in [0, 0.1) is 0 Å². The lowest BCUT2D eigenvalue weighted by molar-refractivity contribution is -0.285. The van der Waals surface area contributed by atoms with Gasteiger partial charge in [-0.15, -0.1) is 0 Å². The van der Waals surface area contributed by atoms with E-state index in [0.717, 1.165) is 19.3 Å². The van der Waals surface area contributed by atoms with E-state index in [1.807, 2.05) is 0 Å². The molecule has 0 aromatic heterocycles. The molecule has 1 aliphatic heterocycles. The van der Waals surface area contributed by atoms with Crippen molar-refractivity contribution in [2.24, 2.45) is 0 Å². The Kier molecular flexibility index (Phi) is 7.58. The topological polar surface area (TPSA) is 18.5 Å². The van der Waals surface area contributed by atoms with Crippen molar-refractivity contribution in [2.75, 3.05) is 0 Å². The number of benzene rings is 1. The number of unbranched alkanes of at least 4 members (excludes halogenated alkanes) is 4. The minimum absolute atomic E-state index is 0.0490. The van der Waals surface area contributed by atoms with Gasteiger partial charge in [-0.25, -0.2) is 0 Å². The minimum atomic E-state index is -0.215. The fourth-order valence-corrected chi connectivity index (χ4v) is 3.52. The van der Waals surface area contributed by atoms with Gasteiger partial charge in [0.1, 0.15) is 0 Å². The molecule has 130 valence electrons. The number of ether oxygens (including phenoxy) is 2. The van der Waals surface area contributed by atoms with Crippen LogP contribution in [0.3, 0.4) is 0 Å². The molecule has 3 atom stereocenters. The first-order valence-corrected chi connectivity index (χ1v) is 9.56. The summed E-state index contributed by atoms with van der Waals surface area (Å²) >= 11 is 0. The summed E-state index contributed by atoms with van der Waals surface area (Å²) < 4.78 is 12.7. The number of rotatable bonds is 9. The molecule has 0 N–H and O–H groups in total. The summed E-state index contributed by atoms with van der Waals surface area (Å²) in [5, 5.41) is 0. The van der Waals surface area contributed by atoms with Crippen molar-refractivity contribution in [3.05, 3.63) is 35.9 Å². The molecule has 1 aromatic rings. The van der Waals surface area contributed by atoms with Gasteiger partial charge in [-0.2, -0.15) is 0 Å². The monoisotopic (exact) mass is 318 g/mol. The minimum Gasteiger partial charge on any atom is -0.349 e. The zero-order valence-corrected chi connectivity index (χ0v) is 15.2. The summed E-state index contributed by atoms with van der Waals surface area (Å²) in [6.07, 6.45) is 10.9. The van der Waals surface area contributed by atoms with E-state index in [2.05, 4.69) is 51.1 Å². The Bertz CT molecular complexity index is 411. The van der Waals surface area contributed by atoms with E-state index >= 15 is 0 Å². The molecule has 23 heavy (non-hydrogen) atoms. The Morgan fingerprint density at radius 3 is 2.26 bits per heavy atom. The molecule has 1 aliphatic rings. The van der Waals surface area contributed by atoms with Crippen molar-refractivity contribution in [2.45, 2.75) is 96.6 Å². The van der Waals surface area contributed by atoms with E-state index < -0.39 is 0 Å². The second-order valence-corrected chi connectivity index (χ2v) is 7.10. The fourth-order valence-electron chi connectivity index (χ4n) is 3.52. The molecular weight excluding hydrogens is 284 g/mol. The van der Waals surface area contributed by atoms with Gasteiger partial charge in [0, 0.05) is 6.42 Å². The van der Waals surface area contributed by atoms with Gasteiger partial charge in [0.25, 0.3) is 0 Å². The lowest BCUT2D eigenvalue weighted by Crippen LogP contribution is -2.44. The molecule has 0 radical (unpaired) electrons. The number of hydrogen-bond donors (Lipinski definition) is 0. The standard InChI is InChI=1S/C21H34O2/c1-4-6-9-15-19-17-21(3,18-13-11-8-12-14-18)23-20(22-19)16-10-7-5-2/h8,11-14,19-20H,4-7,9-10,15-17H2,1-3H3/t19-,20-,21-/m1/s1. The van der Waals surface area contributed by atoms with Crippen molar-refractivity contribution in [3.8, 4) is 0 Å². The Morgan fingerprint density at radius 2 is 1.61 bits per heavy atom. The lowest BCUT2D eigenvalue weighted by Gasteiger charge is -2.43. The van der Waals surface area contributed by atoms with Gasteiger partial charge in [-0.1, -0.05) is 76.3 Å². The van der Waals surface area contributed by atoms with Crippen LogP contribution >= 0.6 is 0 Å². The maximum Gasteiger partial charge on any atom is 0.159 e. The smallest absolute Gasteiger partial charge is 0.159 e. The Morgan fingerprint density at radius 1 is 0.957 bits per heavy atom. The van der Waals surface area contributed by atoms with Crippen LogP contribution < -0.4 is 0 Å². The quantitative estimate of drug-likeness (QED) is 0.505. The van der Waals surface area contributed by atoms with E-state index in [1.165, 1.54) is 44.1 Å². The highest BCUT2D eigenvalue weighted by molar-refractivity contribution is 5.22. The van der Waals surface area contributed by atoms with E-state index in [9.17, 15) is 0 Å². The van der Waals surface area contributed by atoms with Gasteiger partial charge in [0.15, 0.2) is 6.29 Å². The van der Waals surface area contributed by atoms with E-state index in [1.54, 1.807) is 0 Å². The molecule has 1 saturated heterocycles. The summed E-state index contributed by atoms with van der Waals surface area (Å²) in [4.78, 5) is 0. The molecule has 2 rings (SSSR count). The Hall–Kier alpha value is -0.860. The van der Waals surface area contributed by atoms with Crippen molar-refractivity contribution >= 4 is 0 Å². The van der Waals surface area contributed by atoms with Gasteiger partial charge >= 0.3 is 0 Å². The molecule has 0 saturated carbocycles. The highest BCUT2D eigenvalue weighted by Gasteiger charge is 2.39. The van der Waals surface area contributed by atoms with Crippen molar-refractivity contribution in [1.82, 2.24) is 0 Å². The summed E-state index contributed by atoms with van der Waals surface area (Å²) in [6, 6.07) is 10.7. The van der Waals surface area contributed by atoms with Crippen LogP contribution in [0.15, 0.2) is 30.3 Å². The van der Waals surface area contributed by atoms with E-state index in [0.29, 0.717) is 6.10 Å². The summed E-state index contributed by atoms with van der Waals surface area (Å²) in [6.45, 7) is 6.74. The molecule has 0 spiro atoms. The van der Waals surface area contributed by atoms with Crippen LogP contribution in [0.5, 0.6) is 0 Å². The molecule has 1 heterocycles. The molecule has 0 unspecified atom stereocenters. The third kappa shape index (κ3) is 5.61. The number of hydrogen-bond acceptors (Lipinski definition) is 2. The Labute approximate surface area is 142 Å². The van der Waals surface area contributed by atoms with Crippen LogP contribution in [0.1, 0.15) is 84.1 Å². The zero-order valence-electron chi connectivity index (χ0n) is 15.2. The fraction of sp³-hybridized carbons (Fsp3) is 0.714. The first-order valence-electron chi connectivity index (χ1n) is 9.56. The molecule has 0 aliphatic carbocycles. The van der Waals surface area contributed by atoms with Crippen LogP contribution in [-0.2, 0) is 15.1 Å². The second kappa shape index (κ2) is 9.44. The Balaban J connectivity index is 2.04. The maximum atomic E-state index is 6.42. The molecule has 0 amide bonds. The molecule has 1 aromatic carbocycles. The lowest BCUT2D eigenvalue weighted by atomic mass is 9.87. The van der Waals surface area contributed by atoms with Crippen LogP contribution in [0.2, 0.25) is 0 Å². The first-order chi connectivity index (χ1) is 11.2. The van der Waals surface area contributed by atoms with Gasteiger partial charge < -0.3 is 9.47 Å². The normalized spacial score (nSPS) is 28.0. The van der Waals surface area contributed by atoms with Crippen molar-refractivity contribution in [1.29, 1.82) is 0 Å². The van der Waals surface area contributed by atoms with Gasteiger partial charge in [-0.05, 0) is 31.7 Å². The third-order valence-electron chi connectivity index (χ3n) is 4.91. The van der Waals surface area contributed by atoms with Gasteiger partial charge in [-0.3, -0.25) is 0 Å². The van der Waals surface area contributed by atoms with Crippen molar-refractivity contribution in [3.63, 3.8) is 0 Å². The maximum absolute atomic E-state index is 6.42. The first kappa shape index (κ1) is 18.5. The average Bonchev–Trinajstić information content (AvgIpc) is 2.56. The third-order valence-corrected chi connectivity index (χ3v) is 4.91. The predicted molar refractivity (Wildman–Crippen MR) is 96.4 cm³/mol. The van der Waals surface area contributed by atoms with E-state index in [4.69, 9.17) is 9.47 Å². The molecule has 2 nitrogen and oxygen atoms in total. The summed E-state index contributed by atoms with van der Waals surface area (Å²) in [5.41, 5.74) is 1.07. The van der Waals surface area contributed by atoms with Crippen molar-refractivity contribution < 1.29 is 9.47 Å². The van der Waals surface area contributed by atoms with Gasteiger partial charge in [0.05, 0.1) is 11.7 Å². The highest BCUT2D eigenvalue weighted by atomic mass is 16.7. The second-order valence-electron chi connectivity index (χ2n) is 7.10. The molecule has 1 fully saturated rings. The summed E-state index contributed by atoms with van der Waals surface area (Å²) in [5.74, 6) is 0. The van der Waals surface area contributed by atoms with Crippen LogP contribution in [0.25, 0.3) is 0 Å².